The lowest BCUT2D eigenvalue weighted by atomic mass is 10.1. The Morgan fingerprint density at radius 3 is 2.42 bits per heavy atom. The van der Waals surface area contributed by atoms with Crippen LogP contribution in [0.3, 0.4) is 0 Å². The minimum absolute atomic E-state index is 0.137. The number of fused-ring (bicyclic) bond motifs is 2. The van der Waals surface area contributed by atoms with E-state index >= 15 is 0 Å². The predicted molar refractivity (Wildman–Crippen MR) is 90.7 cm³/mol. The van der Waals surface area contributed by atoms with Gasteiger partial charge in [0.1, 0.15) is 0 Å². The molecule has 0 unspecified atom stereocenters. The Balaban J connectivity index is 1.50. The fourth-order valence-corrected chi connectivity index (χ4v) is 2.96. The zero-order chi connectivity index (χ0) is 17.7. The highest BCUT2D eigenvalue weighted by atomic mass is 35.5. The molecule has 0 N–H and O–H groups in total. The maximum absolute atomic E-state index is 12.2. The average molecular weight is 372 g/mol. The lowest BCUT2D eigenvalue weighted by Gasteiger charge is -2.01. The van der Waals surface area contributed by atoms with Crippen LogP contribution >= 0.6 is 11.6 Å². The summed E-state index contributed by atoms with van der Waals surface area (Å²) in [6.07, 6.45) is 1.55. The number of hydrogen-bond acceptors (Lipinski definition) is 7. The number of halogens is 1. The van der Waals surface area contributed by atoms with Gasteiger partial charge in [-0.05, 0) is 35.9 Å². The van der Waals surface area contributed by atoms with Crippen LogP contribution in [0.25, 0.3) is 6.08 Å². The van der Waals surface area contributed by atoms with E-state index in [0.717, 1.165) is 0 Å². The molecule has 0 bridgehead atoms. The minimum Gasteiger partial charge on any atom is -0.454 e. The topological polar surface area (TPSA) is 75.6 Å². The summed E-state index contributed by atoms with van der Waals surface area (Å²) in [6, 6.07) is 8.53. The number of nitrogens with zero attached hydrogens (tertiary/aromatic N) is 1. The largest absolute Gasteiger partial charge is 0.454 e. The van der Waals surface area contributed by atoms with Gasteiger partial charge in [0.05, 0.1) is 5.02 Å². The van der Waals surface area contributed by atoms with Crippen molar-refractivity contribution >= 4 is 29.5 Å². The molecule has 0 amide bonds. The molecule has 0 fully saturated rings. The number of aliphatic imine (C=N–C) groups is 1. The lowest BCUT2D eigenvalue weighted by molar-refractivity contribution is -0.129. The summed E-state index contributed by atoms with van der Waals surface area (Å²) in [4.78, 5) is 16.5. The van der Waals surface area contributed by atoms with E-state index in [4.69, 9.17) is 35.3 Å². The number of rotatable bonds is 2. The molecule has 3 aliphatic heterocycles. The summed E-state index contributed by atoms with van der Waals surface area (Å²) in [6.45, 7) is 0.305. The molecule has 130 valence electrons. The second-order valence-electron chi connectivity index (χ2n) is 5.63. The third-order valence-corrected chi connectivity index (χ3v) is 4.35. The molecule has 3 aliphatic rings. The number of hydrogen-bond donors (Lipinski definition) is 0. The van der Waals surface area contributed by atoms with Crippen molar-refractivity contribution in [1.29, 1.82) is 0 Å². The highest BCUT2D eigenvalue weighted by Gasteiger charge is 2.26. The molecule has 3 heterocycles. The predicted octanol–water partition coefficient (Wildman–Crippen LogP) is 3.14. The molecule has 0 saturated carbocycles. The van der Waals surface area contributed by atoms with Gasteiger partial charge in [0.2, 0.25) is 19.5 Å². The van der Waals surface area contributed by atoms with E-state index < -0.39 is 5.97 Å². The number of cyclic esters (lactones) is 1. The molecule has 0 spiro atoms. The van der Waals surface area contributed by atoms with Crippen molar-refractivity contribution in [2.45, 2.75) is 0 Å². The van der Waals surface area contributed by atoms with E-state index in [2.05, 4.69) is 4.99 Å². The number of carbonyl (C=O) groups excluding carboxylic acids is 1. The van der Waals surface area contributed by atoms with Gasteiger partial charge in [0, 0.05) is 11.6 Å². The van der Waals surface area contributed by atoms with E-state index in [1.807, 2.05) is 0 Å². The van der Waals surface area contributed by atoms with Crippen molar-refractivity contribution in [3.05, 3.63) is 52.2 Å². The van der Waals surface area contributed by atoms with Gasteiger partial charge in [-0.25, -0.2) is 9.79 Å². The maximum atomic E-state index is 12.2. The zero-order valence-electron chi connectivity index (χ0n) is 13.2. The van der Waals surface area contributed by atoms with E-state index in [9.17, 15) is 4.79 Å². The summed E-state index contributed by atoms with van der Waals surface area (Å²) >= 11 is 6.24. The van der Waals surface area contributed by atoms with Crippen LogP contribution in [0.5, 0.6) is 23.0 Å². The first-order chi connectivity index (χ1) is 12.7. The second-order valence-corrected chi connectivity index (χ2v) is 6.04. The first-order valence-corrected chi connectivity index (χ1v) is 8.07. The molecule has 0 saturated heterocycles. The quantitative estimate of drug-likeness (QED) is 0.596. The fourth-order valence-electron chi connectivity index (χ4n) is 2.75. The Kier molecular flexibility index (Phi) is 3.29. The van der Waals surface area contributed by atoms with Crippen molar-refractivity contribution in [3.8, 4) is 23.0 Å². The van der Waals surface area contributed by atoms with Crippen LogP contribution < -0.4 is 18.9 Å². The molecular formula is C18H10ClNO6. The summed E-state index contributed by atoms with van der Waals surface area (Å²) in [7, 11) is 0. The molecule has 2 aromatic carbocycles. The van der Waals surface area contributed by atoms with E-state index in [1.54, 1.807) is 36.4 Å². The summed E-state index contributed by atoms with van der Waals surface area (Å²) in [5.41, 5.74) is 1.33. The third kappa shape index (κ3) is 2.44. The standard InChI is InChI=1S/C18H10ClNO6/c19-11-6-16-15(24-8-25-16)5-10(11)3-12-18(21)26-17(20-12)9-1-2-13-14(4-9)23-7-22-13/h1-6H,7-8H2. The Morgan fingerprint density at radius 1 is 0.923 bits per heavy atom. The van der Waals surface area contributed by atoms with Crippen LogP contribution in [0.15, 0.2) is 41.0 Å². The molecule has 7 nitrogen and oxygen atoms in total. The average Bonchev–Trinajstić information content (AvgIpc) is 3.34. The van der Waals surface area contributed by atoms with E-state index in [0.29, 0.717) is 39.1 Å². The number of ether oxygens (including phenoxy) is 5. The smallest absolute Gasteiger partial charge is 0.363 e. The molecule has 0 aliphatic carbocycles. The van der Waals surface area contributed by atoms with Gasteiger partial charge < -0.3 is 23.7 Å². The SMILES string of the molecule is O=C1OC(c2ccc3c(c2)OCO3)=NC1=Cc1cc2c(cc1Cl)OCO2. The van der Waals surface area contributed by atoms with Gasteiger partial charge in [-0.3, -0.25) is 0 Å². The van der Waals surface area contributed by atoms with Gasteiger partial charge in [0.15, 0.2) is 28.7 Å². The van der Waals surface area contributed by atoms with Crippen molar-refractivity contribution in [3.63, 3.8) is 0 Å². The highest BCUT2D eigenvalue weighted by molar-refractivity contribution is 6.32. The zero-order valence-corrected chi connectivity index (χ0v) is 13.9. The van der Waals surface area contributed by atoms with Crippen LogP contribution in [0.2, 0.25) is 5.02 Å². The van der Waals surface area contributed by atoms with Crippen LogP contribution in [0.1, 0.15) is 11.1 Å². The summed E-state index contributed by atoms with van der Waals surface area (Å²) in [5, 5.41) is 0.418. The highest BCUT2D eigenvalue weighted by Crippen LogP contribution is 2.38. The Labute approximate surface area is 152 Å². The van der Waals surface area contributed by atoms with Gasteiger partial charge in [0.25, 0.3) is 0 Å². The minimum atomic E-state index is -0.564. The molecule has 2 aromatic rings. The van der Waals surface area contributed by atoms with Crippen LogP contribution in [0, 0.1) is 0 Å². The third-order valence-electron chi connectivity index (χ3n) is 4.02. The number of carbonyl (C=O) groups is 1. The van der Waals surface area contributed by atoms with Crippen molar-refractivity contribution in [2.75, 3.05) is 13.6 Å². The van der Waals surface area contributed by atoms with E-state index in [-0.39, 0.29) is 25.2 Å². The normalized spacial score (nSPS) is 18.3. The molecule has 0 atom stereocenters. The fraction of sp³-hybridized carbons (Fsp3) is 0.111. The molecule has 0 aromatic heterocycles. The van der Waals surface area contributed by atoms with Gasteiger partial charge >= 0.3 is 5.97 Å². The Hall–Kier alpha value is -3.19. The van der Waals surface area contributed by atoms with Crippen LogP contribution in [-0.4, -0.2) is 25.5 Å². The lowest BCUT2D eigenvalue weighted by Crippen LogP contribution is -2.05. The van der Waals surface area contributed by atoms with Crippen LogP contribution in [-0.2, 0) is 9.53 Å². The molecule has 26 heavy (non-hydrogen) atoms. The first-order valence-electron chi connectivity index (χ1n) is 7.69. The van der Waals surface area contributed by atoms with Crippen LogP contribution in [0.4, 0.5) is 0 Å². The molecule has 8 heteroatoms. The van der Waals surface area contributed by atoms with Crippen molar-refractivity contribution < 1.29 is 28.5 Å². The Bertz CT molecular complexity index is 1010. The molecule has 0 radical (unpaired) electrons. The summed E-state index contributed by atoms with van der Waals surface area (Å²) < 4.78 is 26.5. The summed E-state index contributed by atoms with van der Waals surface area (Å²) in [5.74, 6) is 1.98. The van der Waals surface area contributed by atoms with Crippen molar-refractivity contribution in [1.82, 2.24) is 0 Å². The second kappa shape index (κ2) is 5.67. The van der Waals surface area contributed by atoms with Crippen molar-refractivity contribution in [2.24, 2.45) is 4.99 Å². The van der Waals surface area contributed by atoms with Gasteiger partial charge in [-0.2, -0.15) is 0 Å². The number of benzene rings is 2. The van der Waals surface area contributed by atoms with Gasteiger partial charge in [-0.15, -0.1) is 0 Å². The van der Waals surface area contributed by atoms with Gasteiger partial charge in [-0.1, -0.05) is 11.6 Å². The monoisotopic (exact) mass is 371 g/mol. The first kappa shape index (κ1) is 15.1. The maximum Gasteiger partial charge on any atom is 0.363 e. The molecule has 5 rings (SSSR count). The Morgan fingerprint density at radius 2 is 1.62 bits per heavy atom. The number of esters is 1. The van der Waals surface area contributed by atoms with E-state index in [1.165, 1.54) is 0 Å². The molecular weight excluding hydrogens is 362 g/mol.